The SMILES string of the molecule is Cc1ccc(NC(=O)[C@H](C)Oc2ccc(N(C)S(C)(=O)=O)cc2)cc1. The number of nitrogens with zero attached hydrogens (tertiary/aromatic N) is 1. The minimum Gasteiger partial charge on any atom is -0.481 e. The first-order valence-electron chi connectivity index (χ1n) is 7.75. The van der Waals surface area contributed by atoms with Crippen LogP contribution in [0, 0.1) is 6.92 Å². The van der Waals surface area contributed by atoms with Crippen molar-refractivity contribution < 1.29 is 17.9 Å². The summed E-state index contributed by atoms with van der Waals surface area (Å²) in [6.45, 7) is 3.63. The fourth-order valence-electron chi connectivity index (χ4n) is 2.06. The first-order chi connectivity index (χ1) is 11.7. The van der Waals surface area contributed by atoms with Crippen LogP contribution in [0.15, 0.2) is 48.5 Å². The van der Waals surface area contributed by atoms with E-state index < -0.39 is 16.1 Å². The van der Waals surface area contributed by atoms with Crippen LogP contribution in [0.4, 0.5) is 11.4 Å². The van der Waals surface area contributed by atoms with Gasteiger partial charge >= 0.3 is 0 Å². The molecule has 1 atom stereocenters. The number of rotatable bonds is 6. The maximum absolute atomic E-state index is 12.2. The van der Waals surface area contributed by atoms with Crippen LogP contribution in [0.1, 0.15) is 12.5 Å². The zero-order valence-corrected chi connectivity index (χ0v) is 15.5. The van der Waals surface area contributed by atoms with E-state index in [4.69, 9.17) is 4.74 Å². The van der Waals surface area contributed by atoms with Crippen LogP contribution in [-0.2, 0) is 14.8 Å². The van der Waals surface area contributed by atoms with Gasteiger partial charge in [-0.2, -0.15) is 0 Å². The third-order valence-corrected chi connectivity index (χ3v) is 4.90. The van der Waals surface area contributed by atoms with E-state index in [1.165, 1.54) is 11.4 Å². The Morgan fingerprint density at radius 3 is 2.16 bits per heavy atom. The fourth-order valence-corrected chi connectivity index (χ4v) is 2.57. The number of aryl methyl sites for hydroxylation is 1. The molecule has 1 N–H and O–H groups in total. The third-order valence-electron chi connectivity index (χ3n) is 3.70. The number of carbonyl (C=O) groups is 1. The topological polar surface area (TPSA) is 75.7 Å². The molecule has 134 valence electrons. The van der Waals surface area contributed by atoms with Gasteiger partial charge in [0.05, 0.1) is 11.9 Å². The Balaban J connectivity index is 1.99. The lowest BCUT2D eigenvalue weighted by molar-refractivity contribution is -0.122. The lowest BCUT2D eigenvalue weighted by Gasteiger charge is -2.18. The summed E-state index contributed by atoms with van der Waals surface area (Å²) in [7, 11) is -1.84. The van der Waals surface area contributed by atoms with Crippen LogP contribution in [-0.4, -0.2) is 33.7 Å². The summed E-state index contributed by atoms with van der Waals surface area (Å²) in [5, 5.41) is 2.79. The van der Waals surface area contributed by atoms with Gasteiger partial charge in [-0.15, -0.1) is 0 Å². The molecule has 6 nitrogen and oxygen atoms in total. The molecule has 1 amide bonds. The minimum absolute atomic E-state index is 0.263. The second-order valence-electron chi connectivity index (χ2n) is 5.84. The summed E-state index contributed by atoms with van der Waals surface area (Å²) in [5.41, 5.74) is 2.34. The van der Waals surface area contributed by atoms with E-state index in [1.54, 1.807) is 31.2 Å². The summed E-state index contributed by atoms with van der Waals surface area (Å²) in [4.78, 5) is 12.2. The van der Waals surface area contributed by atoms with Gasteiger partial charge in [-0.25, -0.2) is 8.42 Å². The number of benzene rings is 2. The minimum atomic E-state index is -3.31. The number of anilines is 2. The molecule has 0 spiro atoms. The van der Waals surface area contributed by atoms with E-state index in [2.05, 4.69) is 5.32 Å². The van der Waals surface area contributed by atoms with Gasteiger partial charge in [-0.05, 0) is 50.2 Å². The Morgan fingerprint density at radius 1 is 1.08 bits per heavy atom. The molecule has 0 bridgehead atoms. The van der Waals surface area contributed by atoms with Crippen molar-refractivity contribution in [2.75, 3.05) is 22.9 Å². The van der Waals surface area contributed by atoms with E-state index in [9.17, 15) is 13.2 Å². The van der Waals surface area contributed by atoms with Crippen LogP contribution in [0.25, 0.3) is 0 Å². The zero-order valence-electron chi connectivity index (χ0n) is 14.7. The largest absolute Gasteiger partial charge is 0.481 e. The molecule has 2 aromatic carbocycles. The predicted octanol–water partition coefficient (Wildman–Crippen LogP) is 2.80. The molecule has 7 heteroatoms. The molecule has 0 unspecified atom stereocenters. The molecular weight excluding hydrogens is 340 g/mol. The molecule has 0 fully saturated rings. The zero-order chi connectivity index (χ0) is 18.6. The van der Waals surface area contributed by atoms with Gasteiger partial charge in [0, 0.05) is 12.7 Å². The van der Waals surface area contributed by atoms with Crippen LogP contribution in [0.5, 0.6) is 5.75 Å². The summed E-state index contributed by atoms with van der Waals surface area (Å²) in [5.74, 6) is 0.221. The standard InChI is InChI=1S/C18H22N2O4S/c1-13-5-7-15(8-6-13)19-18(21)14(2)24-17-11-9-16(10-12-17)20(3)25(4,22)23/h5-12,14H,1-4H3,(H,19,21)/t14-/m0/s1. The van der Waals surface area contributed by atoms with E-state index >= 15 is 0 Å². The third kappa shape index (κ3) is 5.22. The molecule has 0 aliphatic rings. The molecule has 0 radical (unpaired) electrons. The number of hydrogen-bond donors (Lipinski definition) is 1. The van der Waals surface area contributed by atoms with E-state index in [1.807, 2.05) is 31.2 Å². The maximum Gasteiger partial charge on any atom is 0.265 e. The van der Waals surface area contributed by atoms with Gasteiger partial charge in [0.2, 0.25) is 10.0 Å². The van der Waals surface area contributed by atoms with Gasteiger partial charge in [0.1, 0.15) is 5.75 Å². The second-order valence-corrected chi connectivity index (χ2v) is 7.85. The second kappa shape index (κ2) is 7.57. The van der Waals surface area contributed by atoms with Crippen LogP contribution in [0.2, 0.25) is 0 Å². The van der Waals surface area contributed by atoms with Gasteiger partial charge in [-0.3, -0.25) is 9.10 Å². The van der Waals surface area contributed by atoms with E-state index in [0.717, 1.165) is 11.8 Å². The van der Waals surface area contributed by atoms with Crippen molar-refractivity contribution in [3.63, 3.8) is 0 Å². The predicted molar refractivity (Wildman–Crippen MR) is 99.6 cm³/mol. The fraction of sp³-hybridized carbons (Fsp3) is 0.278. The molecule has 0 heterocycles. The lowest BCUT2D eigenvalue weighted by Crippen LogP contribution is -2.30. The summed E-state index contributed by atoms with van der Waals surface area (Å²) in [6.07, 6.45) is 0.439. The van der Waals surface area contributed by atoms with Crippen LogP contribution in [0.3, 0.4) is 0 Å². The number of sulfonamides is 1. The van der Waals surface area contributed by atoms with Crippen molar-refractivity contribution in [2.24, 2.45) is 0 Å². The monoisotopic (exact) mass is 362 g/mol. The highest BCUT2D eigenvalue weighted by atomic mass is 32.2. The maximum atomic E-state index is 12.2. The molecule has 0 aromatic heterocycles. The highest BCUT2D eigenvalue weighted by molar-refractivity contribution is 7.92. The lowest BCUT2D eigenvalue weighted by atomic mass is 10.2. The van der Waals surface area contributed by atoms with Crippen molar-refractivity contribution in [1.29, 1.82) is 0 Å². The highest BCUT2D eigenvalue weighted by Crippen LogP contribution is 2.21. The Morgan fingerprint density at radius 2 is 1.64 bits per heavy atom. The molecule has 0 aliphatic carbocycles. The molecule has 0 saturated carbocycles. The van der Waals surface area contributed by atoms with Gasteiger partial charge in [-0.1, -0.05) is 17.7 Å². The van der Waals surface area contributed by atoms with Gasteiger partial charge in [0.15, 0.2) is 6.10 Å². The Labute approximate surface area is 148 Å². The summed E-state index contributed by atoms with van der Waals surface area (Å²) < 4.78 is 29.8. The smallest absolute Gasteiger partial charge is 0.265 e. The number of nitrogens with one attached hydrogen (secondary N) is 1. The number of ether oxygens (including phenoxy) is 1. The average Bonchev–Trinajstić information content (AvgIpc) is 2.56. The average molecular weight is 362 g/mol. The van der Waals surface area contributed by atoms with Gasteiger partial charge in [0.25, 0.3) is 5.91 Å². The number of carbonyl (C=O) groups excluding carboxylic acids is 1. The quantitative estimate of drug-likeness (QED) is 0.857. The van der Waals surface area contributed by atoms with Crippen LogP contribution < -0.4 is 14.4 Å². The summed E-state index contributed by atoms with van der Waals surface area (Å²) in [6, 6.07) is 14.0. The Bertz CT molecular complexity index is 830. The van der Waals surface area contributed by atoms with Crippen LogP contribution >= 0.6 is 0 Å². The first kappa shape index (κ1) is 18.8. The van der Waals surface area contributed by atoms with E-state index in [0.29, 0.717) is 17.1 Å². The summed E-state index contributed by atoms with van der Waals surface area (Å²) >= 11 is 0. The molecule has 0 saturated heterocycles. The molecular formula is C18H22N2O4S. The molecule has 2 rings (SSSR count). The highest BCUT2D eigenvalue weighted by Gasteiger charge is 2.16. The van der Waals surface area contributed by atoms with E-state index in [-0.39, 0.29) is 5.91 Å². The number of amides is 1. The van der Waals surface area contributed by atoms with Crippen molar-refractivity contribution in [1.82, 2.24) is 0 Å². The van der Waals surface area contributed by atoms with Crippen molar-refractivity contribution in [3.8, 4) is 5.75 Å². The van der Waals surface area contributed by atoms with Crippen molar-refractivity contribution in [2.45, 2.75) is 20.0 Å². The Hall–Kier alpha value is -2.54. The molecule has 0 aliphatic heterocycles. The number of hydrogen-bond acceptors (Lipinski definition) is 4. The first-order valence-corrected chi connectivity index (χ1v) is 9.60. The normalized spacial score (nSPS) is 12.3. The Kier molecular flexibility index (Phi) is 5.69. The molecule has 25 heavy (non-hydrogen) atoms. The van der Waals surface area contributed by atoms with Crippen molar-refractivity contribution >= 4 is 27.3 Å². The van der Waals surface area contributed by atoms with Crippen molar-refractivity contribution in [3.05, 3.63) is 54.1 Å². The molecule has 2 aromatic rings. The van der Waals surface area contributed by atoms with Gasteiger partial charge < -0.3 is 10.1 Å².